The van der Waals surface area contributed by atoms with Crippen LogP contribution in [0.1, 0.15) is 35.3 Å². The number of rotatable bonds is 10. The monoisotopic (exact) mass is 386 g/mol. The van der Waals surface area contributed by atoms with Gasteiger partial charge in [-0.25, -0.2) is 0 Å². The SMILES string of the molecule is CCN(CC)Cc1ccc(C(=O)NCc2c(OC)cc(OC)cc2OC)cc1. The molecule has 0 saturated heterocycles. The zero-order valence-electron chi connectivity index (χ0n) is 17.4. The molecule has 0 unspecified atom stereocenters. The summed E-state index contributed by atoms with van der Waals surface area (Å²) in [5.41, 5.74) is 2.57. The highest BCUT2D eigenvalue weighted by atomic mass is 16.5. The van der Waals surface area contributed by atoms with Crippen molar-refractivity contribution in [3.8, 4) is 17.2 Å². The van der Waals surface area contributed by atoms with E-state index in [1.54, 1.807) is 33.5 Å². The molecule has 152 valence electrons. The van der Waals surface area contributed by atoms with Crippen molar-refractivity contribution in [2.45, 2.75) is 26.9 Å². The Morgan fingerprint density at radius 1 is 0.929 bits per heavy atom. The van der Waals surface area contributed by atoms with Crippen molar-refractivity contribution >= 4 is 5.91 Å². The Kier molecular flexibility index (Phi) is 8.14. The number of hydrogen-bond donors (Lipinski definition) is 1. The van der Waals surface area contributed by atoms with E-state index in [0.29, 0.717) is 22.8 Å². The Hall–Kier alpha value is -2.73. The first-order valence-corrected chi connectivity index (χ1v) is 9.44. The number of nitrogens with one attached hydrogen (secondary N) is 1. The predicted octanol–water partition coefficient (Wildman–Crippen LogP) is 3.48. The molecule has 0 saturated carbocycles. The smallest absolute Gasteiger partial charge is 0.251 e. The molecule has 1 N–H and O–H groups in total. The molecule has 0 spiro atoms. The van der Waals surface area contributed by atoms with Crippen LogP contribution >= 0.6 is 0 Å². The molecular formula is C22H30N2O4. The Bertz CT molecular complexity index is 746. The van der Waals surface area contributed by atoms with Crippen LogP contribution in [0, 0.1) is 0 Å². The lowest BCUT2D eigenvalue weighted by Crippen LogP contribution is -2.24. The van der Waals surface area contributed by atoms with Crippen LogP contribution in [0.15, 0.2) is 36.4 Å². The first-order chi connectivity index (χ1) is 13.6. The van der Waals surface area contributed by atoms with Crippen LogP contribution in [-0.2, 0) is 13.1 Å². The van der Waals surface area contributed by atoms with Gasteiger partial charge in [0, 0.05) is 24.2 Å². The van der Waals surface area contributed by atoms with Crippen molar-refractivity contribution in [3.63, 3.8) is 0 Å². The molecule has 0 fully saturated rings. The Labute approximate surface area is 167 Å². The van der Waals surface area contributed by atoms with Crippen LogP contribution in [0.3, 0.4) is 0 Å². The largest absolute Gasteiger partial charge is 0.496 e. The fraction of sp³-hybridized carbons (Fsp3) is 0.409. The number of carbonyl (C=O) groups is 1. The van der Waals surface area contributed by atoms with Gasteiger partial charge in [-0.1, -0.05) is 26.0 Å². The van der Waals surface area contributed by atoms with Crippen LogP contribution in [0.5, 0.6) is 17.2 Å². The first-order valence-electron chi connectivity index (χ1n) is 9.44. The quantitative estimate of drug-likeness (QED) is 0.677. The minimum Gasteiger partial charge on any atom is -0.496 e. The molecule has 2 aromatic carbocycles. The summed E-state index contributed by atoms with van der Waals surface area (Å²) in [5.74, 6) is 1.69. The third kappa shape index (κ3) is 5.39. The normalized spacial score (nSPS) is 10.6. The summed E-state index contributed by atoms with van der Waals surface area (Å²) in [5, 5.41) is 2.93. The molecule has 0 atom stereocenters. The van der Waals surface area contributed by atoms with Crippen molar-refractivity contribution in [1.82, 2.24) is 10.2 Å². The lowest BCUT2D eigenvalue weighted by Gasteiger charge is -2.18. The lowest BCUT2D eigenvalue weighted by atomic mass is 10.1. The van der Waals surface area contributed by atoms with Gasteiger partial charge in [-0.15, -0.1) is 0 Å². The van der Waals surface area contributed by atoms with Crippen LogP contribution in [-0.4, -0.2) is 45.2 Å². The van der Waals surface area contributed by atoms with Gasteiger partial charge in [-0.3, -0.25) is 9.69 Å². The molecular weight excluding hydrogens is 356 g/mol. The average Bonchev–Trinajstić information content (AvgIpc) is 2.75. The van der Waals surface area contributed by atoms with E-state index < -0.39 is 0 Å². The molecule has 2 rings (SSSR count). The zero-order chi connectivity index (χ0) is 20.5. The van der Waals surface area contributed by atoms with E-state index in [1.807, 2.05) is 24.3 Å². The van der Waals surface area contributed by atoms with E-state index in [0.717, 1.165) is 25.2 Å². The number of hydrogen-bond acceptors (Lipinski definition) is 5. The van der Waals surface area contributed by atoms with Crippen molar-refractivity contribution < 1.29 is 19.0 Å². The van der Waals surface area contributed by atoms with Gasteiger partial charge < -0.3 is 19.5 Å². The van der Waals surface area contributed by atoms with Gasteiger partial charge in [-0.05, 0) is 30.8 Å². The van der Waals surface area contributed by atoms with Crippen LogP contribution in [0.25, 0.3) is 0 Å². The highest BCUT2D eigenvalue weighted by Crippen LogP contribution is 2.33. The number of benzene rings is 2. The van der Waals surface area contributed by atoms with Crippen molar-refractivity contribution in [2.75, 3.05) is 34.4 Å². The third-order valence-electron chi connectivity index (χ3n) is 4.76. The summed E-state index contributed by atoms with van der Waals surface area (Å²) in [7, 11) is 4.74. The fourth-order valence-electron chi connectivity index (χ4n) is 2.99. The summed E-state index contributed by atoms with van der Waals surface area (Å²) in [6.45, 7) is 7.47. The molecule has 0 radical (unpaired) electrons. The molecule has 0 aliphatic heterocycles. The molecule has 6 heteroatoms. The van der Waals surface area contributed by atoms with Crippen molar-refractivity contribution in [2.24, 2.45) is 0 Å². The Balaban J connectivity index is 2.08. The summed E-state index contributed by atoms with van der Waals surface area (Å²) in [4.78, 5) is 14.9. The maximum atomic E-state index is 12.6. The van der Waals surface area contributed by atoms with Crippen molar-refractivity contribution in [3.05, 3.63) is 53.1 Å². The van der Waals surface area contributed by atoms with Gasteiger partial charge in [0.25, 0.3) is 5.91 Å². The highest BCUT2D eigenvalue weighted by molar-refractivity contribution is 5.94. The Morgan fingerprint density at radius 2 is 1.50 bits per heavy atom. The maximum absolute atomic E-state index is 12.6. The van der Waals surface area contributed by atoms with E-state index in [4.69, 9.17) is 14.2 Å². The predicted molar refractivity (Wildman–Crippen MR) is 110 cm³/mol. The molecule has 6 nitrogen and oxygen atoms in total. The highest BCUT2D eigenvalue weighted by Gasteiger charge is 2.15. The molecule has 2 aromatic rings. The van der Waals surface area contributed by atoms with Crippen molar-refractivity contribution in [1.29, 1.82) is 0 Å². The molecule has 0 heterocycles. The summed E-state index contributed by atoms with van der Waals surface area (Å²) >= 11 is 0. The number of amides is 1. The van der Waals surface area contributed by atoms with Crippen LogP contribution in [0.4, 0.5) is 0 Å². The van der Waals surface area contributed by atoms with E-state index in [2.05, 4.69) is 24.1 Å². The van der Waals surface area contributed by atoms with Gasteiger partial charge in [0.05, 0.1) is 33.4 Å². The second-order valence-corrected chi connectivity index (χ2v) is 6.35. The van der Waals surface area contributed by atoms with E-state index in [-0.39, 0.29) is 12.5 Å². The summed E-state index contributed by atoms with van der Waals surface area (Å²) in [6.07, 6.45) is 0. The minimum absolute atomic E-state index is 0.144. The van der Waals surface area contributed by atoms with Gasteiger partial charge in [-0.2, -0.15) is 0 Å². The third-order valence-corrected chi connectivity index (χ3v) is 4.76. The molecule has 0 aliphatic carbocycles. The standard InChI is InChI=1S/C22H30N2O4/c1-6-24(7-2)15-16-8-10-17(11-9-16)22(25)23-14-19-20(27-4)12-18(26-3)13-21(19)28-5/h8-13H,6-7,14-15H2,1-5H3,(H,23,25). The zero-order valence-corrected chi connectivity index (χ0v) is 17.4. The maximum Gasteiger partial charge on any atom is 0.251 e. The molecule has 0 aromatic heterocycles. The summed E-state index contributed by atoms with van der Waals surface area (Å²) in [6, 6.07) is 11.3. The van der Waals surface area contributed by atoms with Crippen LogP contribution < -0.4 is 19.5 Å². The fourth-order valence-corrected chi connectivity index (χ4v) is 2.99. The topological polar surface area (TPSA) is 60.0 Å². The van der Waals surface area contributed by atoms with E-state index in [9.17, 15) is 4.79 Å². The lowest BCUT2D eigenvalue weighted by molar-refractivity contribution is 0.0950. The minimum atomic E-state index is -0.144. The molecule has 0 bridgehead atoms. The van der Waals surface area contributed by atoms with Gasteiger partial charge in [0.2, 0.25) is 0 Å². The Morgan fingerprint density at radius 3 is 1.96 bits per heavy atom. The molecule has 28 heavy (non-hydrogen) atoms. The number of carbonyl (C=O) groups excluding carboxylic acids is 1. The van der Waals surface area contributed by atoms with Gasteiger partial charge in [0.1, 0.15) is 17.2 Å². The second kappa shape index (κ2) is 10.6. The number of ether oxygens (including phenoxy) is 3. The van der Waals surface area contributed by atoms with Gasteiger partial charge >= 0.3 is 0 Å². The number of methoxy groups -OCH3 is 3. The van der Waals surface area contributed by atoms with Crippen LogP contribution in [0.2, 0.25) is 0 Å². The van der Waals surface area contributed by atoms with Gasteiger partial charge in [0.15, 0.2) is 0 Å². The first kappa shape index (κ1) is 21.6. The van der Waals surface area contributed by atoms with E-state index in [1.165, 1.54) is 5.56 Å². The molecule has 0 aliphatic rings. The average molecular weight is 386 g/mol. The number of nitrogens with zero attached hydrogens (tertiary/aromatic N) is 1. The summed E-state index contributed by atoms with van der Waals surface area (Å²) < 4.78 is 16.1. The second-order valence-electron chi connectivity index (χ2n) is 6.35. The molecule has 1 amide bonds. The van der Waals surface area contributed by atoms with E-state index >= 15 is 0 Å².